The van der Waals surface area contributed by atoms with Gasteiger partial charge in [-0.2, -0.15) is 0 Å². The highest BCUT2D eigenvalue weighted by molar-refractivity contribution is 6.31. The van der Waals surface area contributed by atoms with Gasteiger partial charge in [-0.15, -0.1) is 12.4 Å². The van der Waals surface area contributed by atoms with Gasteiger partial charge in [-0.3, -0.25) is 4.99 Å². The third kappa shape index (κ3) is 1.83. The van der Waals surface area contributed by atoms with Crippen molar-refractivity contribution in [3.63, 3.8) is 0 Å². The summed E-state index contributed by atoms with van der Waals surface area (Å²) in [5.74, 6) is 0. The van der Waals surface area contributed by atoms with Gasteiger partial charge in [-0.25, -0.2) is 0 Å². The summed E-state index contributed by atoms with van der Waals surface area (Å²) in [4.78, 5) is 6.92. The molecule has 0 aliphatic carbocycles. The SMILES string of the molecule is Cl.Clc1cc2c3c(c1)CCN3c1ccccc1N=C2. The van der Waals surface area contributed by atoms with Crippen LogP contribution in [0.3, 0.4) is 0 Å². The van der Waals surface area contributed by atoms with E-state index in [1.165, 1.54) is 16.9 Å². The van der Waals surface area contributed by atoms with E-state index in [1.807, 2.05) is 18.3 Å². The van der Waals surface area contributed by atoms with E-state index in [-0.39, 0.29) is 12.4 Å². The molecule has 0 atom stereocenters. The first-order valence-corrected chi connectivity index (χ1v) is 6.44. The molecule has 0 bridgehead atoms. The Labute approximate surface area is 123 Å². The molecule has 4 rings (SSSR count). The standard InChI is InChI=1S/C15H11ClN2.ClH/c16-12-7-10-5-6-18-14-4-2-1-3-13(14)17-9-11(8-12)15(10)18;/h1-4,7-9H,5-6H2;1H. The number of fused-ring (bicyclic) bond motifs is 2. The lowest BCUT2D eigenvalue weighted by Crippen LogP contribution is -2.13. The van der Waals surface area contributed by atoms with Crippen LogP contribution >= 0.6 is 24.0 Å². The Bertz CT molecular complexity index is 680. The highest BCUT2D eigenvalue weighted by atomic mass is 35.5. The largest absolute Gasteiger partial charge is 0.339 e. The molecule has 2 aromatic rings. The molecule has 0 N–H and O–H groups in total. The molecule has 0 unspecified atom stereocenters. The van der Waals surface area contributed by atoms with Crippen LogP contribution in [0.2, 0.25) is 5.02 Å². The molecule has 2 aliphatic rings. The average Bonchev–Trinajstić information content (AvgIpc) is 2.72. The maximum atomic E-state index is 6.16. The van der Waals surface area contributed by atoms with Crippen LogP contribution in [0.4, 0.5) is 17.1 Å². The molecule has 2 nitrogen and oxygen atoms in total. The van der Waals surface area contributed by atoms with E-state index >= 15 is 0 Å². The molecular formula is C15H12Cl2N2. The van der Waals surface area contributed by atoms with Crippen LogP contribution in [0.25, 0.3) is 0 Å². The minimum atomic E-state index is 0. The van der Waals surface area contributed by atoms with Crippen molar-refractivity contribution < 1.29 is 0 Å². The Morgan fingerprint density at radius 1 is 1.16 bits per heavy atom. The third-order valence-corrected chi connectivity index (χ3v) is 3.79. The highest BCUT2D eigenvalue weighted by Crippen LogP contribution is 2.43. The van der Waals surface area contributed by atoms with Crippen LogP contribution in [0.15, 0.2) is 41.4 Å². The molecule has 0 fully saturated rings. The van der Waals surface area contributed by atoms with Crippen molar-refractivity contribution in [3.8, 4) is 0 Å². The van der Waals surface area contributed by atoms with Crippen LogP contribution in [-0.4, -0.2) is 12.8 Å². The van der Waals surface area contributed by atoms with Crippen molar-refractivity contribution in [1.82, 2.24) is 0 Å². The summed E-state index contributed by atoms with van der Waals surface area (Å²) < 4.78 is 0. The van der Waals surface area contributed by atoms with E-state index in [2.05, 4.69) is 34.2 Å². The zero-order chi connectivity index (χ0) is 12.1. The Morgan fingerprint density at radius 2 is 2.00 bits per heavy atom. The molecule has 0 radical (unpaired) electrons. The number of aliphatic imine (C=N–C) groups is 1. The van der Waals surface area contributed by atoms with Gasteiger partial charge in [0.2, 0.25) is 0 Å². The maximum Gasteiger partial charge on any atom is 0.0866 e. The fourth-order valence-corrected chi connectivity index (χ4v) is 3.07. The van der Waals surface area contributed by atoms with Crippen molar-refractivity contribution in [2.45, 2.75) is 6.42 Å². The molecule has 2 aromatic carbocycles. The normalized spacial score (nSPS) is 14.5. The summed E-state index contributed by atoms with van der Waals surface area (Å²) in [6.07, 6.45) is 2.97. The molecule has 0 saturated carbocycles. The fraction of sp³-hybridized carbons (Fsp3) is 0.133. The highest BCUT2D eigenvalue weighted by Gasteiger charge is 2.26. The Kier molecular flexibility index (Phi) is 3.00. The zero-order valence-electron chi connectivity index (χ0n) is 10.1. The van der Waals surface area contributed by atoms with Crippen molar-refractivity contribution in [1.29, 1.82) is 0 Å². The van der Waals surface area contributed by atoms with Gasteiger partial charge in [0, 0.05) is 23.3 Å². The smallest absolute Gasteiger partial charge is 0.0866 e. The predicted molar refractivity (Wildman–Crippen MR) is 83.1 cm³/mol. The molecule has 96 valence electrons. The second kappa shape index (κ2) is 4.55. The number of halogens is 2. The van der Waals surface area contributed by atoms with Crippen molar-refractivity contribution in [3.05, 3.63) is 52.5 Å². The van der Waals surface area contributed by atoms with Gasteiger partial charge < -0.3 is 4.90 Å². The van der Waals surface area contributed by atoms with Crippen molar-refractivity contribution >= 4 is 47.3 Å². The van der Waals surface area contributed by atoms with Crippen LogP contribution in [0.5, 0.6) is 0 Å². The van der Waals surface area contributed by atoms with Gasteiger partial charge in [-0.05, 0) is 36.2 Å². The Hall–Kier alpha value is -1.51. The van der Waals surface area contributed by atoms with Crippen LogP contribution in [0, 0.1) is 0 Å². The Balaban J connectivity index is 0.00000110. The first kappa shape index (κ1) is 12.5. The molecule has 0 amide bonds. The van der Waals surface area contributed by atoms with Crippen LogP contribution in [0.1, 0.15) is 11.1 Å². The van der Waals surface area contributed by atoms with E-state index in [9.17, 15) is 0 Å². The molecule has 2 heterocycles. The number of hydrogen-bond donors (Lipinski definition) is 0. The fourth-order valence-electron chi connectivity index (χ4n) is 2.82. The number of hydrogen-bond acceptors (Lipinski definition) is 2. The number of nitrogens with zero attached hydrogens (tertiary/aromatic N) is 2. The summed E-state index contributed by atoms with van der Waals surface area (Å²) in [6, 6.07) is 12.3. The van der Waals surface area contributed by atoms with Gasteiger partial charge in [-0.1, -0.05) is 23.7 Å². The van der Waals surface area contributed by atoms with Gasteiger partial charge in [0.15, 0.2) is 0 Å². The van der Waals surface area contributed by atoms with Gasteiger partial charge in [0.1, 0.15) is 0 Å². The first-order valence-electron chi connectivity index (χ1n) is 6.06. The minimum Gasteiger partial charge on any atom is -0.339 e. The number of para-hydroxylation sites is 2. The van der Waals surface area contributed by atoms with E-state index in [0.717, 1.165) is 29.2 Å². The van der Waals surface area contributed by atoms with E-state index in [1.54, 1.807) is 0 Å². The molecule has 0 aromatic heterocycles. The van der Waals surface area contributed by atoms with Crippen LogP contribution < -0.4 is 4.90 Å². The van der Waals surface area contributed by atoms with Crippen molar-refractivity contribution in [2.24, 2.45) is 4.99 Å². The van der Waals surface area contributed by atoms with E-state index in [0.29, 0.717) is 0 Å². The van der Waals surface area contributed by atoms with Crippen molar-refractivity contribution in [2.75, 3.05) is 11.4 Å². The number of benzene rings is 2. The minimum absolute atomic E-state index is 0. The van der Waals surface area contributed by atoms with E-state index in [4.69, 9.17) is 11.6 Å². The second-order valence-electron chi connectivity index (χ2n) is 4.65. The molecule has 2 aliphatic heterocycles. The first-order chi connectivity index (χ1) is 8.83. The summed E-state index contributed by atoms with van der Waals surface area (Å²) in [5.41, 5.74) is 5.92. The van der Waals surface area contributed by atoms with Gasteiger partial charge in [0.25, 0.3) is 0 Å². The Morgan fingerprint density at radius 3 is 2.89 bits per heavy atom. The van der Waals surface area contributed by atoms with Crippen LogP contribution in [-0.2, 0) is 6.42 Å². The monoisotopic (exact) mass is 290 g/mol. The number of anilines is 2. The lowest BCUT2D eigenvalue weighted by Gasteiger charge is -2.20. The lowest BCUT2D eigenvalue weighted by molar-refractivity contribution is 0.999. The average molecular weight is 291 g/mol. The van der Waals surface area contributed by atoms with Gasteiger partial charge in [0.05, 0.1) is 17.1 Å². The zero-order valence-corrected chi connectivity index (χ0v) is 11.7. The van der Waals surface area contributed by atoms with Gasteiger partial charge >= 0.3 is 0 Å². The van der Waals surface area contributed by atoms with E-state index < -0.39 is 0 Å². The molecule has 19 heavy (non-hydrogen) atoms. The quantitative estimate of drug-likeness (QED) is 0.696. The number of rotatable bonds is 0. The molecular weight excluding hydrogens is 279 g/mol. The summed E-state index contributed by atoms with van der Waals surface area (Å²) in [5, 5.41) is 0.794. The third-order valence-electron chi connectivity index (χ3n) is 3.57. The second-order valence-corrected chi connectivity index (χ2v) is 5.09. The summed E-state index contributed by atoms with van der Waals surface area (Å²) in [6.45, 7) is 1.00. The molecule has 4 heteroatoms. The summed E-state index contributed by atoms with van der Waals surface area (Å²) in [7, 11) is 0. The molecule has 0 spiro atoms. The maximum absolute atomic E-state index is 6.16. The summed E-state index contributed by atoms with van der Waals surface area (Å²) >= 11 is 6.16. The predicted octanol–water partition coefficient (Wildman–Crippen LogP) is 4.52. The topological polar surface area (TPSA) is 15.6 Å². The lowest BCUT2D eigenvalue weighted by atomic mass is 10.1. The molecule has 0 saturated heterocycles.